The maximum absolute atomic E-state index is 12.8. The van der Waals surface area contributed by atoms with Crippen molar-refractivity contribution in [3.8, 4) is 0 Å². The summed E-state index contributed by atoms with van der Waals surface area (Å²) >= 11 is 0. The summed E-state index contributed by atoms with van der Waals surface area (Å²) in [4.78, 5) is 14.9. The van der Waals surface area contributed by atoms with E-state index in [1.54, 1.807) is 0 Å². The average molecular weight is 291 g/mol. The summed E-state index contributed by atoms with van der Waals surface area (Å²) in [5.41, 5.74) is -0.835. The summed E-state index contributed by atoms with van der Waals surface area (Å²) in [6.45, 7) is 2.14. The smallest absolute Gasteiger partial charge is 0.416 e. The van der Waals surface area contributed by atoms with Crippen LogP contribution in [0, 0.1) is 0 Å². The molecule has 5 nitrogen and oxygen atoms in total. The first-order chi connectivity index (χ1) is 9.36. The van der Waals surface area contributed by atoms with E-state index in [-0.39, 0.29) is 18.2 Å². The van der Waals surface area contributed by atoms with Gasteiger partial charge in [0.1, 0.15) is 18.2 Å². The van der Waals surface area contributed by atoms with Crippen LogP contribution in [0.15, 0.2) is 12.1 Å². The molecule has 20 heavy (non-hydrogen) atoms. The number of aromatic nitrogens is 1. The molecule has 2 N–H and O–H groups in total. The molecule has 8 heteroatoms. The molecular formula is C12H16F3N3O2. The third-order valence-electron chi connectivity index (χ3n) is 2.35. The Hall–Kier alpha value is -1.99. The Balaban J connectivity index is 2.94. The molecule has 112 valence electrons. The molecule has 0 saturated heterocycles. The first-order valence-corrected chi connectivity index (χ1v) is 6.00. The lowest BCUT2D eigenvalue weighted by atomic mass is 10.2. The van der Waals surface area contributed by atoms with Crippen molar-refractivity contribution in [3.05, 3.63) is 17.7 Å². The number of pyridine rings is 1. The highest BCUT2D eigenvalue weighted by molar-refractivity contribution is 5.74. The first kappa shape index (κ1) is 16.1. The minimum absolute atomic E-state index is 0.0381. The van der Waals surface area contributed by atoms with Gasteiger partial charge in [-0.1, -0.05) is 6.92 Å². The molecular weight excluding hydrogens is 275 g/mol. The molecule has 1 aromatic heterocycles. The summed E-state index contributed by atoms with van der Waals surface area (Å²) in [6.07, 6.45) is -3.73. The number of carbonyl (C=O) groups excluding carboxylic acids is 1. The number of methoxy groups -OCH3 is 1. The maximum Gasteiger partial charge on any atom is 0.416 e. The highest BCUT2D eigenvalue weighted by atomic mass is 19.4. The zero-order chi connectivity index (χ0) is 15.2. The van der Waals surface area contributed by atoms with Gasteiger partial charge in [-0.25, -0.2) is 4.98 Å². The SMILES string of the molecule is CCCNc1cc(C(F)(F)F)cc(NCC(=O)OC)n1. The van der Waals surface area contributed by atoms with Crippen LogP contribution in [0.25, 0.3) is 0 Å². The van der Waals surface area contributed by atoms with Crippen LogP contribution in [0.4, 0.5) is 24.8 Å². The highest BCUT2D eigenvalue weighted by Gasteiger charge is 2.31. The summed E-state index contributed by atoms with van der Waals surface area (Å²) < 4.78 is 42.7. The van der Waals surface area contributed by atoms with Gasteiger partial charge in [-0.3, -0.25) is 4.79 Å². The topological polar surface area (TPSA) is 63.2 Å². The molecule has 0 aliphatic heterocycles. The summed E-state index contributed by atoms with van der Waals surface area (Å²) in [5.74, 6) is -0.523. The fourth-order valence-corrected chi connectivity index (χ4v) is 1.36. The lowest BCUT2D eigenvalue weighted by molar-refractivity contribution is -0.138. The van der Waals surface area contributed by atoms with Gasteiger partial charge in [0, 0.05) is 6.54 Å². The third-order valence-corrected chi connectivity index (χ3v) is 2.35. The van der Waals surface area contributed by atoms with Crippen LogP contribution in [0.1, 0.15) is 18.9 Å². The molecule has 1 rings (SSSR count). The number of alkyl halides is 3. The van der Waals surface area contributed by atoms with Gasteiger partial charge in [-0.05, 0) is 18.6 Å². The van der Waals surface area contributed by atoms with Crippen LogP contribution in [0.3, 0.4) is 0 Å². The van der Waals surface area contributed by atoms with Crippen LogP contribution in [-0.4, -0.2) is 31.2 Å². The van der Waals surface area contributed by atoms with Crippen molar-refractivity contribution in [2.45, 2.75) is 19.5 Å². The van der Waals surface area contributed by atoms with Crippen LogP contribution in [-0.2, 0) is 15.7 Å². The number of ether oxygens (including phenoxy) is 1. The minimum Gasteiger partial charge on any atom is -0.468 e. The Morgan fingerprint density at radius 3 is 2.40 bits per heavy atom. The van der Waals surface area contributed by atoms with E-state index >= 15 is 0 Å². The molecule has 0 amide bonds. The van der Waals surface area contributed by atoms with Crippen molar-refractivity contribution < 1.29 is 22.7 Å². The summed E-state index contributed by atoms with van der Waals surface area (Å²) in [7, 11) is 1.19. The molecule has 0 atom stereocenters. The molecule has 0 aromatic carbocycles. The van der Waals surface area contributed by atoms with E-state index in [2.05, 4.69) is 20.4 Å². The fraction of sp³-hybridized carbons (Fsp3) is 0.500. The number of rotatable bonds is 6. The molecule has 0 aliphatic carbocycles. The number of carbonyl (C=O) groups is 1. The molecule has 0 aliphatic rings. The second-order valence-corrected chi connectivity index (χ2v) is 3.98. The molecule has 1 heterocycles. The second kappa shape index (κ2) is 6.97. The molecule has 0 bridgehead atoms. The van der Waals surface area contributed by atoms with E-state index in [0.29, 0.717) is 6.54 Å². The average Bonchev–Trinajstić information content (AvgIpc) is 2.41. The molecule has 1 aromatic rings. The van der Waals surface area contributed by atoms with E-state index in [1.807, 2.05) is 6.92 Å². The third kappa shape index (κ3) is 4.94. The quantitative estimate of drug-likeness (QED) is 0.788. The zero-order valence-electron chi connectivity index (χ0n) is 11.2. The van der Waals surface area contributed by atoms with Crippen molar-refractivity contribution in [3.63, 3.8) is 0 Å². The largest absolute Gasteiger partial charge is 0.468 e. The molecule has 0 fully saturated rings. The van der Waals surface area contributed by atoms with Gasteiger partial charge >= 0.3 is 12.1 Å². The van der Waals surface area contributed by atoms with Crippen molar-refractivity contribution in [2.24, 2.45) is 0 Å². The van der Waals surface area contributed by atoms with Gasteiger partial charge in [-0.2, -0.15) is 13.2 Å². The fourth-order valence-electron chi connectivity index (χ4n) is 1.36. The Bertz CT molecular complexity index is 464. The molecule has 0 saturated carbocycles. The van der Waals surface area contributed by atoms with Gasteiger partial charge in [0.2, 0.25) is 0 Å². The van der Waals surface area contributed by atoms with E-state index in [4.69, 9.17) is 0 Å². The number of anilines is 2. The molecule has 0 radical (unpaired) electrons. The van der Waals surface area contributed by atoms with Crippen molar-refractivity contribution in [1.29, 1.82) is 0 Å². The normalized spacial score (nSPS) is 11.1. The van der Waals surface area contributed by atoms with E-state index < -0.39 is 17.7 Å². The number of esters is 1. The van der Waals surface area contributed by atoms with Gasteiger partial charge in [0.05, 0.1) is 12.7 Å². The summed E-state index contributed by atoms with van der Waals surface area (Å²) in [5, 5.41) is 5.28. The van der Waals surface area contributed by atoms with E-state index in [0.717, 1.165) is 18.6 Å². The Labute approximate surface area is 114 Å². The van der Waals surface area contributed by atoms with Crippen LogP contribution < -0.4 is 10.6 Å². The van der Waals surface area contributed by atoms with E-state index in [9.17, 15) is 18.0 Å². The number of hydrogen-bond acceptors (Lipinski definition) is 5. The minimum atomic E-state index is -4.48. The van der Waals surface area contributed by atoms with Crippen molar-refractivity contribution in [1.82, 2.24) is 4.98 Å². The number of nitrogens with zero attached hydrogens (tertiary/aromatic N) is 1. The van der Waals surface area contributed by atoms with Crippen molar-refractivity contribution >= 4 is 17.6 Å². The monoisotopic (exact) mass is 291 g/mol. The predicted octanol–water partition coefficient (Wildman–Crippen LogP) is 2.51. The Kier molecular flexibility index (Phi) is 5.60. The van der Waals surface area contributed by atoms with Crippen LogP contribution in [0.5, 0.6) is 0 Å². The van der Waals surface area contributed by atoms with Crippen molar-refractivity contribution in [2.75, 3.05) is 30.8 Å². The first-order valence-electron chi connectivity index (χ1n) is 6.00. The number of halogens is 3. The molecule has 0 unspecified atom stereocenters. The van der Waals surface area contributed by atoms with Crippen LogP contribution in [0.2, 0.25) is 0 Å². The van der Waals surface area contributed by atoms with Gasteiger partial charge in [0.25, 0.3) is 0 Å². The number of hydrogen-bond donors (Lipinski definition) is 2. The van der Waals surface area contributed by atoms with Gasteiger partial charge < -0.3 is 15.4 Å². The molecule has 0 spiro atoms. The van der Waals surface area contributed by atoms with Crippen LogP contribution >= 0.6 is 0 Å². The predicted molar refractivity (Wildman–Crippen MR) is 68.5 cm³/mol. The maximum atomic E-state index is 12.8. The second-order valence-electron chi connectivity index (χ2n) is 3.98. The number of nitrogens with one attached hydrogen (secondary N) is 2. The highest BCUT2D eigenvalue weighted by Crippen LogP contribution is 2.32. The van der Waals surface area contributed by atoms with Gasteiger partial charge in [-0.15, -0.1) is 0 Å². The zero-order valence-corrected chi connectivity index (χ0v) is 11.2. The Morgan fingerprint density at radius 1 is 1.30 bits per heavy atom. The summed E-state index contributed by atoms with van der Waals surface area (Å²) in [6, 6.07) is 1.78. The lowest BCUT2D eigenvalue weighted by Gasteiger charge is -2.13. The Morgan fingerprint density at radius 2 is 1.90 bits per heavy atom. The van der Waals surface area contributed by atoms with Gasteiger partial charge in [0.15, 0.2) is 0 Å². The van der Waals surface area contributed by atoms with E-state index in [1.165, 1.54) is 7.11 Å². The lowest BCUT2D eigenvalue weighted by Crippen LogP contribution is -2.17. The standard InChI is InChI=1S/C12H16F3N3O2/c1-3-4-16-9-5-8(12(13,14)15)6-10(18-9)17-7-11(19)20-2/h5-6H,3-4,7H2,1-2H3,(H2,16,17,18).